The van der Waals surface area contributed by atoms with Crippen molar-refractivity contribution in [3.8, 4) is 11.5 Å². The van der Waals surface area contributed by atoms with Crippen LogP contribution < -0.4 is 10.0 Å². The number of benzene rings is 2. The summed E-state index contributed by atoms with van der Waals surface area (Å²) in [5.74, 6) is 0.329. The molecule has 1 heterocycles. The van der Waals surface area contributed by atoms with E-state index in [-0.39, 0.29) is 10.6 Å². The van der Waals surface area contributed by atoms with Crippen LogP contribution in [0.2, 0.25) is 0 Å². The van der Waals surface area contributed by atoms with E-state index >= 15 is 0 Å². The van der Waals surface area contributed by atoms with Gasteiger partial charge in [-0.2, -0.15) is 18.2 Å². The summed E-state index contributed by atoms with van der Waals surface area (Å²) in [6.45, 7) is 0.00465. The molecular formula is C18H15F3N4O4S. The van der Waals surface area contributed by atoms with Gasteiger partial charge in [0.15, 0.2) is 5.82 Å². The number of sulfonamides is 1. The largest absolute Gasteiger partial charge is 0.402 e. The first-order chi connectivity index (χ1) is 14.0. The van der Waals surface area contributed by atoms with Gasteiger partial charge in [-0.1, -0.05) is 5.16 Å². The van der Waals surface area contributed by atoms with Crippen LogP contribution in [0.1, 0.15) is 16.2 Å². The minimum Gasteiger partial charge on any atom is -0.334 e. The van der Waals surface area contributed by atoms with E-state index in [1.54, 1.807) is 31.2 Å². The van der Waals surface area contributed by atoms with Crippen molar-refractivity contribution in [3.05, 3.63) is 59.9 Å². The Bertz CT molecular complexity index is 1140. The van der Waals surface area contributed by atoms with Crippen molar-refractivity contribution in [1.82, 2.24) is 14.9 Å². The van der Waals surface area contributed by atoms with E-state index in [1.807, 2.05) is 0 Å². The molecule has 0 radical (unpaired) electrons. The standard InChI is InChI=1S/C18H15F3N4O4S/c1-11-23-17(29-25-11)13-4-2-12(3-5-13)16(26)24-14-6-8-15(9-7-14)30(27,28)22-10-18(19,20)21/h2-9,22H,10H2,1H3,(H,24,26). The number of halogens is 3. The van der Waals surface area contributed by atoms with E-state index in [1.165, 1.54) is 16.9 Å². The zero-order valence-corrected chi connectivity index (χ0v) is 16.2. The van der Waals surface area contributed by atoms with Gasteiger partial charge in [0.25, 0.3) is 11.8 Å². The number of carbonyl (C=O) groups is 1. The molecule has 3 aromatic rings. The molecule has 0 bridgehead atoms. The molecule has 1 aromatic heterocycles. The smallest absolute Gasteiger partial charge is 0.334 e. The van der Waals surface area contributed by atoms with Gasteiger partial charge in [0.05, 0.1) is 4.90 Å². The number of aromatic nitrogens is 2. The number of rotatable bonds is 6. The molecular weight excluding hydrogens is 425 g/mol. The quantitative estimate of drug-likeness (QED) is 0.609. The first-order valence-electron chi connectivity index (χ1n) is 8.42. The summed E-state index contributed by atoms with van der Waals surface area (Å²) in [4.78, 5) is 16.1. The molecule has 1 amide bonds. The fourth-order valence-electron chi connectivity index (χ4n) is 2.36. The molecule has 0 fully saturated rings. The highest BCUT2D eigenvalue weighted by atomic mass is 32.2. The van der Waals surface area contributed by atoms with Crippen molar-refractivity contribution in [3.63, 3.8) is 0 Å². The molecule has 0 spiro atoms. The average Bonchev–Trinajstić information content (AvgIpc) is 3.13. The number of alkyl halides is 3. The molecule has 0 saturated heterocycles. The molecule has 0 atom stereocenters. The van der Waals surface area contributed by atoms with Gasteiger partial charge >= 0.3 is 6.18 Å². The second-order valence-corrected chi connectivity index (χ2v) is 7.91. The third-order valence-corrected chi connectivity index (χ3v) is 5.22. The van der Waals surface area contributed by atoms with Crippen LogP contribution in [0, 0.1) is 6.92 Å². The normalized spacial score (nSPS) is 12.0. The minimum atomic E-state index is -4.67. The number of carbonyl (C=O) groups excluding carboxylic acids is 1. The maximum absolute atomic E-state index is 12.3. The van der Waals surface area contributed by atoms with Crippen molar-refractivity contribution < 1.29 is 30.9 Å². The molecule has 0 unspecified atom stereocenters. The number of anilines is 1. The van der Waals surface area contributed by atoms with Gasteiger partial charge in [-0.15, -0.1) is 0 Å². The molecule has 12 heteroatoms. The lowest BCUT2D eigenvalue weighted by Gasteiger charge is -2.10. The number of hydrogen-bond donors (Lipinski definition) is 2. The van der Waals surface area contributed by atoms with Crippen LogP contribution >= 0.6 is 0 Å². The topological polar surface area (TPSA) is 114 Å². The summed E-state index contributed by atoms with van der Waals surface area (Å²) in [5, 5.41) is 6.26. The summed E-state index contributed by atoms with van der Waals surface area (Å²) in [6, 6.07) is 11.1. The molecule has 0 saturated carbocycles. The van der Waals surface area contributed by atoms with Gasteiger partial charge in [0, 0.05) is 16.8 Å². The Balaban J connectivity index is 1.66. The fourth-order valence-corrected chi connectivity index (χ4v) is 3.37. The zero-order chi connectivity index (χ0) is 21.9. The zero-order valence-electron chi connectivity index (χ0n) is 15.4. The summed E-state index contributed by atoms with van der Waals surface area (Å²) in [6.07, 6.45) is -4.67. The van der Waals surface area contributed by atoms with Crippen LogP contribution in [0.3, 0.4) is 0 Å². The van der Waals surface area contributed by atoms with Crippen LogP contribution in [0.5, 0.6) is 0 Å². The number of amides is 1. The minimum absolute atomic E-state index is 0.270. The molecule has 0 aliphatic heterocycles. The fraction of sp³-hybridized carbons (Fsp3) is 0.167. The Morgan fingerprint density at radius 3 is 2.23 bits per heavy atom. The third kappa shape index (κ3) is 5.42. The Kier molecular flexibility index (Phi) is 5.89. The number of nitrogens with one attached hydrogen (secondary N) is 2. The maximum atomic E-state index is 12.3. The summed E-state index contributed by atoms with van der Waals surface area (Å²) < 4.78 is 66.9. The third-order valence-electron chi connectivity index (χ3n) is 3.81. The number of aryl methyl sites for hydroxylation is 1. The average molecular weight is 440 g/mol. The summed E-state index contributed by atoms with van der Waals surface area (Å²) in [7, 11) is -4.32. The monoisotopic (exact) mass is 440 g/mol. The lowest BCUT2D eigenvalue weighted by atomic mass is 10.1. The SMILES string of the molecule is Cc1noc(-c2ccc(C(=O)Nc3ccc(S(=O)(=O)NCC(F)(F)F)cc3)cc2)n1. The van der Waals surface area contributed by atoms with E-state index in [4.69, 9.17) is 4.52 Å². The highest BCUT2D eigenvalue weighted by molar-refractivity contribution is 7.89. The van der Waals surface area contributed by atoms with Gasteiger partial charge in [-0.05, 0) is 55.5 Å². The molecule has 0 aliphatic rings. The van der Waals surface area contributed by atoms with Crippen molar-refractivity contribution in [2.45, 2.75) is 18.0 Å². The lowest BCUT2D eigenvalue weighted by Crippen LogP contribution is -2.33. The molecule has 8 nitrogen and oxygen atoms in total. The molecule has 30 heavy (non-hydrogen) atoms. The summed E-state index contributed by atoms with van der Waals surface area (Å²) >= 11 is 0. The highest BCUT2D eigenvalue weighted by Crippen LogP contribution is 2.20. The Morgan fingerprint density at radius 2 is 1.70 bits per heavy atom. The molecule has 2 N–H and O–H groups in total. The Morgan fingerprint density at radius 1 is 1.07 bits per heavy atom. The van der Waals surface area contributed by atoms with Gasteiger partial charge in [-0.3, -0.25) is 4.79 Å². The van der Waals surface area contributed by atoms with Crippen LogP contribution in [0.4, 0.5) is 18.9 Å². The van der Waals surface area contributed by atoms with Crippen molar-refractivity contribution in [1.29, 1.82) is 0 Å². The van der Waals surface area contributed by atoms with Crippen LogP contribution in [-0.4, -0.2) is 37.2 Å². The van der Waals surface area contributed by atoms with Crippen LogP contribution in [0.15, 0.2) is 57.9 Å². The Labute approximate surface area is 169 Å². The van der Waals surface area contributed by atoms with E-state index in [2.05, 4.69) is 15.5 Å². The molecule has 0 aliphatic carbocycles. The Hall–Kier alpha value is -3.25. The molecule has 2 aromatic carbocycles. The molecule has 3 rings (SSSR count). The van der Waals surface area contributed by atoms with Gasteiger partial charge in [-0.25, -0.2) is 13.1 Å². The second-order valence-electron chi connectivity index (χ2n) is 6.14. The second kappa shape index (κ2) is 8.24. The maximum Gasteiger partial charge on any atom is 0.402 e. The van der Waals surface area contributed by atoms with Gasteiger partial charge in [0.1, 0.15) is 6.54 Å². The van der Waals surface area contributed by atoms with Crippen LogP contribution in [-0.2, 0) is 10.0 Å². The molecule has 158 valence electrons. The number of nitrogens with zero attached hydrogens (tertiary/aromatic N) is 2. The van der Waals surface area contributed by atoms with E-state index in [0.29, 0.717) is 22.8 Å². The van der Waals surface area contributed by atoms with Crippen molar-refractivity contribution >= 4 is 21.6 Å². The van der Waals surface area contributed by atoms with E-state index in [0.717, 1.165) is 12.1 Å². The highest BCUT2D eigenvalue weighted by Gasteiger charge is 2.30. The first-order valence-corrected chi connectivity index (χ1v) is 9.90. The predicted octanol–water partition coefficient (Wildman–Crippen LogP) is 3.14. The number of hydrogen-bond acceptors (Lipinski definition) is 6. The van der Waals surface area contributed by atoms with Gasteiger partial charge in [0.2, 0.25) is 10.0 Å². The predicted molar refractivity (Wildman–Crippen MR) is 100 cm³/mol. The van der Waals surface area contributed by atoms with Crippen molar-refractivity contribution in [2.75, 3.05) is 11.9 Å². The van der Waals surface area contributed by atoms with Crippen LogP contribution in [0.25, 0.3) is 11.5 Å². The first kappa shape index (κ1) is 21.5. The van der Waals surface area contributed by atoms with Gasteiger partial charge < -0.3 is 9.84 Å². The van der Waals surface area contributed by atoms with E-state index in [9.17, 15) is 26.4 Å². The van der Waals surface area contributed by atoms with E-state index < -0.39 is 28.7 Å². The summed E-state index contributed by atoms with van der Waals surface area (Å²) in [5.41, 5.74) is 1.22. The van der Waals surface area contributed by atoms with Crippen molar-refractivity contribution in [2.24, 2.45) is 0 Å². The lowest BCUT2D eigenvalue weighted by molar-refractivity contribution is -0.121.